The third kappa shape index (κ3) is 3.03. The summed E-state index contributed by atoms with van der Waals surface area (Å²) in [6, 6.07) is 4.72. The van der Waals surface area contributed by atoms with Gasteiger partial charge in [0.25, 0.3) is 0 Å². The van der Waals surface area contributed by atoms with Crippen LogP contribution < -0.4 is 9.64 Å². The Morgan fingerprint density at radius 3 is 2.88 bits per heavy atom. The van der Waals surface area contributed by atoms with Crippen molar-refractivity contribution in [3.63, 3.8) is 0 Å². The molecule has 0 spiro atoms. The first kappa shape index (κ1) is 16.2. The molecule has 2 aromatic rings. The second-order valence-corrected chi connectivity index (χ2v) is 7.06. The Kier molecular flexibility index (Phi) is 4.24. The molecule has 5 heteroatoms. The van der Waals surface area contributed by atoms with Gasteiger partial charge in [-0.15, -0.1) is 0 Å². The van der Waals surface area contributed by atoms with Crippen molar-refractivity contribution in [3.05, 3.63) is 40.8 Å². The molecule has 1 aliphatic heterocycles. The van der Waals surface area contributed by atoms with Crippen LogP contribution in [0.15, 0.2) is 23.2 Å². The summed E-state index contributed by atoms with van der Waals surface area (Å²) in [5.74, 6) is 1.33. The van der Waals surface area contributed by atoms with Crippen LogP contribution in [0.4, 0.5) is 15.9 Å². The van der Waals surface area contributed by atoms with E-state index in [1.54, 1.807) is 6.07 Å². The van der Waals surface area contributed by atoms with Gasteiger partial charge in [0.1, 0.15) is 24.1 Å². The molecule has 2 aliphatic rings. The lowest BCUT2D eigenvalue weighted by Crippen LogP contribution is -2.23. The quantitative estimate of drug-likeness (QED) is 0.819. The van der Waals surface area contributed by atoms with Crippen LogP contribution in [-0.2, 0) is 12.8 Å². The van der Waals surface area contributed by atoms with Crippen LogP contribution in [0.5, 0.6) is 5.75 Å². The maximum atomic E-state index is 13.8. The average molecular weight is 341 g/mol. The van der Waals surface area contributed by atoms with E-state index in [0.29, 0.717) is 12.4 Å². The second kappa shape index (κ2) is 6.54. The summed E-state index contributed by atoms with van der Waals surface area (Å²) in [4.78, 5) is 10.3. The van der Waals surface area contributed by atoms with Gasteiger partial charge in [0, 0.05) is 23.5 Å². The van der Waals surface area contributed by atoms with E-state index < -0.39 is 0 Å². The van der Waals surface area contributed by atoms with Crippen LogP contribution in [0, 0.1) is 5.82 Å². The fraction of sp³-hybridized carbons (Fsp3) is 0.450. The number of fused-ring (bicyclic) bond motifs is 3. The zero-order chi connectivity index (χ0) is 17.4. The third-order valence-corrected chi connectivity index (χ3v) is 4.86. The number of hydrogen-bond donors (Lipinski definition) is 1. The van der Waals surface area contributed by atoms with E-state index in [2.05, 4.69) is 14.9 Å². The Bertz CT molecular complexity index is 810. The lowest BCUT2D eigenvalue weighted by atomic mass is 10.1. The first-order valence-electron chi connectivity index (χ1n) is 9.11. The molecule has 0 saturated carbocycles. The fourth-order valence-corrected chi connectivity index (χ4v) is 3.76. The smallest absolute Gasteiger partial charge is 0.146 e. The van der Waals surface area contributed by atoms with Crippen LogP contribution in [0.2, 0.25) is 0 Å². The van der Waals surface area contributed by atoms with Crippen LogP contribution in [0.1, 0.15) is 49.9 Å². The van der Waals surface area contributed by atoms with Gasteiger partial charge >= 0.3 is 0 Å². The average Bonchev–Trinajstić information content (AvgIpc) is 2.76. The number of aromatic amines is 1. The molecule has 1 aliphatic carbocycles. The van der Waals surface area contributed by atoms with Crippen molar-refractivity contribution in [2.45, 2.75) is 52.1 Å². The van der Waals surface area contributed by atoms with Crippen LogP contribution in [-0.4, -0.2) is 24.0 Å². The molecule has 0 bridgehead atoms. The summed E-state index contributed by atoms with van der Waals surface area (Å²) < 4.78 is 19.6. The zero-order valence-electron chi connectivity index (χ0n) is 14.8. The van der Waals surface area contributed by atoms with E-state index >= 15 is 0 Å². The molecule has 4 nitrogen and oxygen atoms in total. The lowest BCUT2D eigenvalue weighted by molar-refractivity contribution is 0.242. The minimum absolute atomic E-state index is 0.0197. The topological polar surface area (TPSA) is 40.6 Å². The monoisotopic (exact) mass is 341 g/mol. The molecule has 1 aromatic carbocycles. The number of hydrogen-bond acceptors (Lipinski definition) is 3. The number of anilines is 2. The van der Waals surface area contributed by atoms with Crippen LogP contribution in [0.25, 0.3) is 0 Å². The van der Waals surface area contributed by atoms with E-state index in [1.807, 2.05) is 20.1 Å². The minimum Gasteiger partial charge on any atom is -0.489 e. The molecule has 132 valence electrons. The standard InChI is InChI=1S/C20H24FN3O/c1-13(2)25-19-10-14(21)8-9-18(19)24-12-22-11-16-15-6-4-3-5-7-17(15)23-20(16)24/h8-11,13,23H,3-7,12H2,1-2H3. The van der Waals surface area contributed by atoms with Gasteiger partial charge in [-0.05, 0) is 57.2 Å². The van der Waals surface area contributed by atoms with Gasteiger partial charge in [-0.1, -0.05) is 6.42 Å². The molecular formula is C20H24FN3O. The number of aromatic nitrogens is 1. The maximum absolute atomic E-state index is 13.8. The molecule has 1 N–H and O–H groups in total. The van der Waals surface area contributed by atoms with Crippen molar-refractivity contribution in [1.82, 2.24) is 4.98 Å². The second-order valence-electron chi connectivity index (χ2n) is 7.06. The van der Waals surface area contributed by atoms with Crippen LogP contribution in [0.3, 0.4) is 0 Å². The SMILES string of the molecule is CC(C)Oc1cc(F)ccc1N1CN=Cc2c1[nH]c1c2CCCCC1. The number of benzene rings is 1. The number of halogens is 1. The molecule has 25 heavy (non-hydrogen) atoms. The van der Waals surface area contributed by atoms with Gasteiger partial charge in [0.15, 0.2) is 0 Å². The van der Waals surface area contributed by atoms with Crippen molar-refractivity contribution < 1.29 is 9.13 Å². The normalized spacial score (nSPS) is 16.6. The van der Waals surface area contributed by atoms with Crippen molar-refractivity contribution in [2.24, 2.45) is 4.99 Å². The summed E-state index contributed by atoms with van der Waals surface area (Å²) in [6.07, 6.45) is 7.88. The highest BCUT2D eigenvalue weighted by Gasteiger charge is 2.26. The van der Waals surface area contributed by atoms with E-state index in [1.165, 1.54) is 48.2 Å². The first-order chi connectivity index (χ1) is 12.1. The Morgan fingerprint density at radius 2 is 2.04 bits per heavy atom. The fourth-order valence-electron chi connectivity index (χ4n) is 3.76. The number of ether oxygens (including phenoxy) is 1. The Balaban J connectivity index is 1.78. The summed E-state index contributed by atoms with van der Waals surface area (Å²) in [5.41, 5.74) is 4.76. The molecule has 4 rings (SSSR count). The molecule has 0 radical (unpaired) electrons. The predicted octanol–water partition coefficient (Wildman–Crippen LogP) is 4.74. The predicted molar refractivity (Wildman–Crippen MR) is 98.8 cm³/mol. The van der Waals surface area contributed by atoms with Gasteiger partial charge < -0.3 is 14.6 Å². The van der Waals surface area contributed by atoms with E-state index in [4.69, 9.17) is 4.74 Å². The number of aryl methyl sites for hydroxylation is 1. The molecule has 0 atom stereocenters. The number of nitrogens with zero attached hydrogens (tertiary/aromatic N) is 2. The summed E-state index contributed by atoms with van der Waals surface area (Å²) in [6.45, 7) is 4.41. The van der Waals surface area contributed by atoms with Crippen LogP contribution >= 0.6 is 0 Å². The van der Waals surface area contributed by atoms with Crippen molar-refractivity contribution in [1.29, 1.82) is 0 Å². The van der Waals surface area contributed by atoms with Crippen molar-refractivity contribution in [2.75, 3.05) is 11.6 Å². The molecule has 2 heterocycles. The van der Waals surface area contributed by atoms with Gasteiger partial charge in [0.2, 0.25) is 0 Å². The van der Waals surface area contributed by atoms with Crippen molar-refractivity contribution >= 4 is 17.7 Å². The van der Waals surface area contributed by atoms with E-state index in [9.17, 15) is 4.39 Å². The summed E-state index contributed by atoms with van der Waals surface area (Å²) in [5, 5.41) is 0. The Hall–Kier alpha value is -2.30. The summed E-state index contributed by atoms with van der Waals surface area (Å²) >= 11 is 0. The molecule has 0 saturated heterocycles. The number of nitrogens with one attached hydrogen (secondary N) is 1. The highest BCUT2D eigenvalue weighted by molar-refractivity contribution is 5.93. The molecule has 0 amide bonds. The molecular weight excluding hydrogens is 317 g/mol. The summed E-state index contributed by atoms with van der Waals surface area (Å²) in [7, 11) is 0. The number of rotatable bonds is 3. The maximum Gasteiger partial charge on any atom is 0.146 e. The van der Waals surface area contributed by atoms with Gasteiger partial charge in [0.05, 0.1) is 11.8 Å². The number of H-pyrrole nitrogens is 1. The third-order valence-electron chi connectivity index (χ3n) is 4.86. The highest BCUT2D eigenvalue weighted by atomic mass is 19.1. The zero-order valence-corrected chi connectivity index (χ0v) is 14.8. The van der Waals surface area contributed by atoms with Gasteiger partial charge in [-0.2, -0.15) is 0 Å². The first-order valence-corrected chi connectivity index (χ1v) is 9.11. The van der Waals surface area contributed by atoms with Crippen molar-refractivity contribution in [3.8, 4) is 5.75 Å². The largest absolute Gasteiger partial charge is 0.489 e. The van der Waals surface area contributed by atoms with Gasteiger partial charge in [-0.3, -0.25) is 4.99 Å². The molecule has 1 aromatic heterocycles. The number of aliphatic imine (C=N–C) groups is 1. The van der Waals surface area contributed by atoms with E-state index in [0.717, 1.165) is 24.3 Å². The van der Waals surface area contributed by atoms with Gasteiger partial charge in [-0.25, -0.2) is 4.39 Å². The lowest BCUT2D eigenvalue weighted by Gasteiger charge is -2.28. The van der Waals surface area contributed by atoms with E-state index in [-0.39, 0.29) is 11.9 Å². The minimum atomic E-state index is -0.289. The molecule has 0 fully saturated rings. The molecule has 0 unspecified atom stereocenters. The Labute approximate surface area is 147 Å². The highest BCUT2D eigenvalue weighted by Crippen LogP contribution is 2.40. The Morgan fingerprint density at radius 1 is 1.20 bits per heavy atom.